The van der Waals surface area contributed by atoms with Crippen LogP contribution >= 0.6 is 0 Å². The molecule has 3 aromatic carbocycles. The van der Waals surface area contributed by atoms with Gasteiger partial charge < -0.3 is 4.74 Å². The number of halogens is 1. The van der Waals surface area contributed by atoms with Crippen LogP contribution in [0, 0.1) is 5.82 Å². The van der Waals surface area contributed by atoms with Gasteiger partial charge in [0.05, 0.1) is 25.4 Å². The Morgan fingerprint density at radius 2 is 1.67 bits per heavy atom. The van der Waals surface area contributed by atoms with E-state index in [1.165, 1.54) is 17.7 Å². The van der Waals surface area contributed by atoms with E-state index in [1.54, 1.807) is 18.2 Å². The lowest BCUT2D eigenvalue weighted by molar-refractivity contribution is -0.134. The average Bonchev–Trinajstić information content (AvgIpc) is 3.36. The molecule has 2 aliphatic rings. The van der Waals surface area contributed by atoms with Crippen LogP contribution in [0.5, 0.6) is 5.75 Å². The highest BCUT2D eigenvalue weighted by molar-refractivity contribution is 6.03. The van der Waals surface area contributed by atoms with E-state index in [2.05, 4.69) is 34.1 Å². The lowest BCUT2D eigenvalue weighted by Gasteiger charge is -2.35. The molecule has 1 unspecified atom stereocenters. The molecule has 1 atom stereocenters. The fourth-order valence-corrected chi connectivity index (χ4v) is 4.98. The fourth-order valence-electron chi connectivity index (χ4n) is 4.98. The molecule has 0 aromatic heterocycles. The van der Waals surface area contributed by atoms with Crippen molar-refractivity contribution in [2.24, 2.45) is 5.10 Å². The summed E-state index contributed by atoms with van der Waals surface area (Å²) in [6.07, 6.45) is 0.500. The van der Waals surface area contributed by atoms with Gasteiger partial charge in [-0.05, 0) is 23.8 Å². The van der Waals surface area contributed by atoms with Crippen LogP contribution in [0.25, 0.3) is 0 Å². The van der Waals surface area contributed by atoms with Crippen LogP contribution in [0.15, 0.2) is 84.0 Å². The van der Waals surface area contributed by atoms with E-state index in [0.717, 1.165) is 38.3 Å². The summed E-state index contributed by atoms with van der Waals surface area (Å²) in [7, 11) is 1.63. The standard InChI is InChI=1S/C29H31FN4O2/c1-36-28-13-6-5-12-25(28)27-19-26(23-10-7-11-24(30)18-23)31-34(27)29(35)21-33-16-14-32(15-17-33)20-22-8-3-2-4-9-22/h2-13,18,27H,14-17,19-21H2,1H3. The average molecular weight is 487 g/mol. The van der Waals surface area contributed by atoms with Crippen molar-refractivity contribution in [2.45, 2.75) is 19.0 Å². The number of methoxy groups -OCH3 is 1. The first kappa shape index (κ1) is 24.2. The van der Waals surface area contributed by atoms with Gasteiger partial charge in [0.2, 0.25) is 0 Å². The van der Waals surface area contributed by atoms with Crippen LogP contribution in [-0.4, -0.2) is 66.3 Å². The third-order valence-corrected chi connectivity index (χ3v) is 6.89. The Balaban J connectivity index is 1.30. The number of amides is 1. The van der Waals surface area contributed by atoms with Crippen molar-refractivity contribution < 1.29 is 13.9 Å². The Bertz CT molecular complexity index is 1220. The van der Waals surface area contributed by atoms with E-state index in [4.69, 9.17) is 9.84 Å². The fraction of sp³-hybridized carbons (Fsp3) is 0.310. The molecule has 186 valence electrons. The van der Waals surface area contributed by atoms with E-state index < -0.39 is 0 Å². The summed E-state index contributed by atoms with van der Waals surface area (Å²) in [6, 6.07) is 24.3. The zero-order valence-electron chi connectivity index (χ0n) is 20.5. The number of carbonyl (C=O) groups is 1. The summed E-state index contributed by atoms with van der Waals surface area (Å²) in [5.74, 6) is 0.335. The third-order valence-electron chi connectivity index (χ3n) is 6.89. The normalized spacial score (nSPS) is 18.8. The summed E-state index contributed by atoms with van der Waals surface area (Å²) in [5, 5.41) is 6.29. The van der Waals surface area contributed by atoms with E-state index in [0.29, 0.717) is 30.0 Å². The maximum atomic E-state index is 13.9. The van der Waals surface area contributed by atoms with E-state index in [1.807, 2.05) is 36.4 Å². The highest BCUT2D eigenvalue weighted by Gasteiger charge is 2.35. The number of para-hydroxylation sites is 1. The molecular weight excluding hydrogens is 455 g/mol. The molecule has 0 aliphatic carbocycles. The second-order valence-electron chi connectivity index (χ2n) is 9.30. The summed E-state index contributed by atoms with van der Waals surface area (Å²) in [4.78, 5) is 18.2. The van der Waals surface area contributed by atoms with Gasteiger partial charge in [-0.15, -0.1) is 0 Å². The number of piperazine rings is 1. The molecule has 1 fully saturated rings. The molecule has 7 heteroatoms. The summed E-state index contributed by atoms with van der Waals surface area (Å²) < 4.78 is 19.5. The van der Waals surface area contributed by atoms with Gasteiger partial charge in [-0.2, -0.15) is 5.10 Å². The van der Waals surface area contributed by atoms with Crippen LogP contribution in [0.3, 0.4) is 0 Å². The largest absolute Gasteiger partial charge is 0.496 e. The topological polar surface area (TPSA) is 48.4 Å². The lowest BCUT2D eigenvalue weighted by Crippen LogP contribution is -2.49. The molecule has 3 aromatic rings. The molecular formula is C29H31FN4O2. The van der Waals surface area contributed by atoms with Gasteiger partial charge in [0.25, 0.3) is 5.91 Å². The van der Waals surface area contributed by atoms with Crippen molar-refractivity contribution in [3.63, 3.8) is 0 Å². The number of hydrogen-bond acceptors (Lipinski definition) is 5. The Labute approximate surface area is 211 Å². The molecule has 0 N–H and O–H groups in total. The van der Waals surface area contributed by atoms with Gasteiger partial charge in [-0.25, -0.2) is 9.40 Å². The van der Waals surface area contributed by atoms with Gasteiger partial charge in [0.15, 0.2) is 0 Å². The zero-order valence-corrected chi connectivity index (χ0v) is 20.5. The molecule has 1 amide bonds. The minimum absolute atomic E-state index is 0.0613. The highest BCUT2D eigenvalue weighted by Crippen LogP contribution is 2.37. The molecule has 6 nitrogen and oxygen atoms in total. The van der Waals surface area contributed by atoms with E-state index >= 15 is 0 Å². The first-order valence-corrected chi connectivity index (χ1v) is 12.4. The van der Waals surface area contributed by atoms with Gasteiger partial charge in [0.1, 0.15) is 11.6 Å². The van der Waals surface area contributed by atoms with Crippen LogP contribution in [0.2, 0.25) is 0 Å². The smallest absolute Gasteiger partial charge is 0.257 e. The Morgan fingerprint density at radius 1 is 0.944 bits per heavy atom. The molecule has 0 bridgehead atoms. The summed E-state index contributed by atoms with van der Waals surface area (Å²) in [6.45, 7) is 4.70. The minimum atomic E-state index is -0.317. The van der Waals surface area contributed by atoms with Crippen LogP contribution in [0.4, 0.5) is 4.39 Å². The molecule has 36 heavy (non-hydrogen) atoms. The van der Waals surface area contributed by atoms with Gasteiger partial charge >= 0.3 is 0 Å². The van der Waals surface area contributed by atoms with Crippen molar-refractivity contribution in [3.8, 4) is 5.75 Å². The molecule has 0 spiro atoms. The monoisotopic (exact) mass is 486 g/mol. The Kier molecular flexibility index (Phi) is 7.39. The highest BCUT2D eigenvalue weighted by atomic mass is 19.1. The number of ether oxygens (including phenoxy) is 1. The SMILES string of the molecule is COc1ccccc1C1CC(c2cccc(F)c2)=NN1C(=O)CN1CCN(Cc2ccccc2)CC1. The molecule has 2 aliphatic heterocycles. The van der Waals surface area contributed by atoms with Crippen molar-refractivity contribution in [1.82, 2.24) is 14.8 Å². The van der Waals surface area contributed by atoms with E-state index in [9.17, 15) is 9.18 Å². The minimum Gasteiger partial charge on any atom is -0.496 e. The van der Waals surface area contributed by atoms with Crippen LogP contribution in [0.1, 0.15) is 29.2 Å². The molecule has 2 heterocycles. The molecule has 5 rings (SSSR count). The van der Waals surface area contributed by atoms with Crippen LogP contribution in [-0.2, 0) is 11.3 Å². The predicted molar refractivity (Wildman–Crippen MR) is 138 cm³/mol. The quantitative estimate of drug-likeness (QED) is 0.499. The molecule has 1 saturated heterocycles. The summed E-state index contributed by atoms with van der Waals surface area (Å²) >= 11 is 0. The second-order valence-corrected chi connectivity index (χ2v) is 9.30. The van der Waals surface area contributed by atoms with Crippen molar-refractivity contribution >= 4 is 11.6 Å². The van der Waals surface area contributed by atoms with Gasteiger partial charge in [-0.3, -0.25) is 14.6 Å². The maximum Gasteiger partial charge on any atom is 0.257 e. The first-order valence-electron chi connectivity index (χ1n) is 12.4. The number of carbonyl (C=O) groups excluding carboxylic acids is 1. The molecule has 0 radical (unpaired) electrons. The maximum absolute atomic E-state index is 13.9. The predicted octanol–water partition coefficient (Wildman–Crippen LogP) is 4.33. The van der Waals surface area contributed by atoms with E-state index in [-0.39, 0.29) is 17.8 Å². The summed E-state index contributed by atoms with van der Waals surface area (Å²) in [5.41, 5.74) is 3.60. The van der Waals surface area contributed by atoms with Crippen molar-refractivity contribution in [2.75, 3.05) is 39.8 Å². The number of benzene rings is 3. The van der Waals surface area contributed by atoms with Crippen molar-refractivity contribution in [3.05, 3.63) is 101 Å². The van der Waals surface area contributed by atoms with Gasteiger partial charge in [0, 0.05) is 50.3 Å². The zero-order chi connectivity index (χ0) is 24.9. The number of rotatable bonds is 7. The second kappa shape index (κ2) is 11.0. The number of hydrogen-bond donors (Lipinski definition) is 0. The van der Waals surface area contributed by atoms with Crippen molar-refractivity contribution in [1.29, 1.82) is 0 Å². The number of nitrogens with zero attached hydrogens (tertiary/aromatic N) is 4. The molecule has 0 saturated carbocycles. The van der Waals surface area contributed by atoms with Crippen LogP contribution < -0.4 is 4.74 Å². The Morgan fingerprint density at radius 3 is 2.42 bits per heavy atom. The first-order chi connectivity index (χ1) is 17.6. The third kappa shape index (κ3) is 5.48. The van der Waals surface area contributed by atoms with Gasteiger partial charge in [-0.1, -0.05) is 60.7 Å². The lowest BCUT2D eigenvalue weighted by atomic mass is 9.97. The number of hydrazone groups is 1. The Hall–Kier alpha value is -3.55.